The van der Waals surface area contributed by atoms with Gasteiger partial charge in [0.15, 0.2) is 0 Å². The third kappa shape index (κ3) is 27.3. The Kier molecular flexibility index (Phi) is 32.5. The van der Waals surface area contributed by atoms with E-state index in [0.717, 1.165) is 120 Å². The number of ether oxygens (including phenoxy) is 9. The second-order valence-corrected chi connectivity index (χ2v) is 22.4. The molecule has 15 heteroatoms. The molecule has 2 aliphatic carbocycles. The summed E-state index contributed by atoms with van der Waals surface area (Å²) in [6, 6.07) is 18.6. The van der Waals surface area contributed by atoms with E-state index in [-0.39, 0.29) is 43.9 Å². The third-order valence-corrected chi connectivity index (χ3v) is 15.7. The first-order valence-electron chi connectivity index (χ1n) is 31.4. The number of hydrogen-bond acceptors (Lipinski definition) is 15. The monoisotopic (exact) mass is 1150 g/mol. The van der Waals surface area contributed by atoms with Crippen molar-refractivity contribution >= 4 is 35.8 Å². The van der Waals surface area contributed by atoms with Gasteiger partial charge in [-0.15, -0.1) is 0 Å². The van der Waals surface area contributed by atoms with Crippen LogP contribution in [0, 0.1) is 23.7 Å². The van der Waals surface area contributed by atoms with Crippen LogP contribution in [0.4, 0.5) is 0 Å². The lowest BCUT2D eigenvalue weighted by molar-refractivity contribution is -0.150. The van der Waals surface area contributed by atoms with Crippen molar-refractivity contribution < 1.29 is 71.4 Å². The van der Waals surface area contributed by atoms with Crippen molar-refractivity contribution in [2.45, 2.75) is 201 Å². The first-order valence-corrected chi connectivity index (χ1v) is 31.4. The molecule has 0 N–H and O–H groups in total. The molecule has 3 aromatic rings. The van der Waals surface area contributed by atoms with Crippen LogP contribution in [0.25, 0.3) is 0 Å². The van der Waals surface area contributed by atoms with Crippen molar-refractivity contribution in [2.24, 2.45) is 23.7 Å². The van der Waals surface area contributed by atoms with E-state index in [9.17, 15) is 28.8 Å². The number of carbonyl (C=O) groups excluding carboxylic acids is 6. The van der Waals surface area contributed by atoms with Crippen LogP contribution in [0.2, 0.25) is 0 Å². The van der Waals surface area contributed by atoms with Crippen LogP contribution < -0.4 is 23.7 Å². The molecular formula is C68H96O15. The molecule has 0 unspecified atom stereocenters. The molecule has 2 fully saturated rings. The molecule has 2 saturated carbocycles. The number of benzene rings is 3. The van der Waals surface area contributed by atoms with Gasteiger partial charge in [-0.25, -0.2) is 14.4 Å². The Hall–Kier alpha value is -6.38. The fourth-order valence-corrected chi connectivity index (χ4v) is 10.8. The van der Waals surface area contributed by atoms with Gasteiger partial charge in [-0.2, -0.15) is 0 Å². The van der Waals surface area contributed by atoms with Gasteiger partial charge < -0.3 is 42.6 Å². The van der Waals surface area contributed by atoms with Crippen LogP contribution in [0.5, 0.6) is 28.7 Å². The molecule has 0 bridgehead atoms. The standard InChI is InChI=1S/C68H96O15/c1-5-7-16-23-52-24-26-53(27-25-52)54-28-30-55(31-29-54)66(72)82-58-36-38-59(39-37-58)83-67(73)56-32-34-57(35-33-56)76-44-17-10-8-9-11-19-46-78-63(69)42-43-64(70)79-47-20-13-12-18-45-77-62-41-40-60(75-6-2)50-61(62)68(74)81-49-22-15-14-21-48-80-65(71)51(3)4/h32-41,50,52-55H,3,5-31,42-49H2,1-2,4H3. The Balaban J connectivity index is 0.804. The lowest BCUT2D eigenvalue weighted by Crippen LogP contribution is -2.30. The van der Waals surface area contributed by atoms with E-state index in [0.29, 0.717) is 91.3 Å². The predicted molar refractivity (Wildman–Crippen MR) is 319 cm³/mol. The smallest absolute Gasteiger partial charge is 0.343 e. The summed E-state index contributed by atoms with van der Waals surface area (Å²) in [6.07, 6.45) is 26.6. The van der Waals surface area contributed by atoms with E-state index >= 15 is 0 Å². The van der Waals surface area contributed by atoms with E-state index < -0.39 is 23.9 Å². The average Bonchev–Trinajstić information content (AvgIpc) is 3.52. The molecular weight excluding hydrogens is 1060 g/mol. The zero-order valence-electron chi connectivity index (χ0n) is 50.2. The van der Waals surface area contributed by atoms with Gasteiger partial charge in [0.25, 0.3) is 0 Å². The molecule has 0 aromatic heterocycles. The van der Waals surface area contributed by atoms with E-state index in [1.807, 2.05) is 6.92 Å². The normalized spacial score (nSPS) is 16.7. The minimum Gasteiger partial charge on any atom is -0.494 e. The number of carbonyl (C=O) groups is 6. The predicted octanol–water partition coefficient (Wildman–Crippen LogP) is 15.5. The molecule has 83 heavy (non-hydrogen) atoms. The van der Waals surface area contributed by atoms with Crippen LogP contribution in [0.15, 0.2) is 78.9 Å². The zero-order valence-corrected chi connectivity index (χ0v) is 50.2. The van der Waals surface area contributed by atoms with Crippen LogP contribution in [-0.2, 0) is 38.1 Å². The lowest BCUT2D eigenvalue weighted by Gasteiger charge is -2.37. The number of hydrogen-bond donors (Lipinski definition) is 0. The minimum atomic E-state index is -0.488. The van der Waals surface area contributed by atoms with Gasteiger partial charge in [0.2, 0.25) is 0 Å². The van der Waals surface area contributed by atoms with E-state index in [1.165, 1.54) is 51.4 Å². The van der Waals surface area contributed by atoms with Gasteiger partial charge in [0, 0.05) is 5.57 Å². The average molecular weight is 1150 g/mol. The molecule has 0 aliphatic heterocycles. The van der Waals surface area contributed by atoms with Crippen LogP contribution in [0.3, 0.4) is 0 Å². The van der Waals surface area contributed by atoms with Crippen molar-refractivity contribution in [3.8, 4) is 28.7 Å². The largest absolute Gasteiger partial charge is 0.494 e. The van der Waals surface area contributed by atoms with Crippen molar-refractivity contribution in [1.82, 2.24) is 0 Å². The molecule has 0 radical (unpaired) electrons. The van der Waals surface area contributed by atoms with Crippen molar-refractivity contribution in [2.75, 3.05) is 46.2 Å². The van der Waals surface area contributed by atoms with Gasteiger partial charge in [-0.05, 0) is 201 Å². The molecule has 5 rings (SSSR count). The highest BCUT2D eigenvalue weighted by Crippen LogP contribution is 2.43. The number of unbranched alkanes of at least 4 members (excludes halogenated alkanes) is 13. The molecule has 0 atom stereocenters. The second kappa shape index (κ2) is 40.0. The molecule has 458 valence electrons. The van der Waals surface area contributed by atoms with Gasteiger partial charge in [0.1, 0.15) is 34.3 Å². The third-order valence-electron chi connectivity index (χ3n) is 15.7. The highest BCUT2D eigenvalue weighted by atomic mass is 16.6. The molecule has 2 aliphatic rings. The fraction of sp³-hybridized carbons (Fsp3) is 0.618. The summed E-state index contributed by atoms with van der Waals surface area (Å²) in [5.74, 6) is 2.53. The maximum absolute atomic E-state index is 13.1. The van der Waals surface area contributed by atoms with E-state index in [1.54, 1.807) is 73.7 Å². The van der Waals surface area contributed by atoms with E-state index in [4.69, 9.17) is 42.6 Å². The highest BCUT2D eigenvalue weighted by molar-refractivity contribution is 5.93. The SMILES string of the molecule is C=C(C)C(=O)OCCCCCCOC(=O)c1cc(OCC)ccc1OCCCCCCOC(=O)CCC(=O)OCCCCCCCCOc1ccc(C(=O)Oc2ccc(OC(=O)C3CCC(C4CCC(CCCCC)CC4)CC3)cc2)cc1. The van der Waals surface area contributed by atoms with Crippen molar-refractivity contribution in [1.29, 1.82) is 0 Å². The van der Waals surface area contributed by atoms with Crippen molar-refractivity contribution in [3.63, 3.8) is 0 Å². The first kappa shape index (κ1) is 67.4. The summed E-state index contributed by atoms with van der Waals surface area (Å²) in [4.78, 5) is 74.8. The molecule has 15 nitrogen and oxygen atoms in total. The Morgan fingerprint density at radius 3 is 1.49 bits per heavy atom. The number of esters is 6. The second-order valence-electron chi connectivity index (χ2n) is 22.4. The summed E-state index contributed by atoms with van der Waals surface area (Å²) >= 11 is 0. The maximum Gasteiger partial charge on any atom is 0.343 e. The minimum absolute atomic E-state index is 0.0175. The molecule has 0 spiro atoms. The van der Waals surface area contributed by atoms with Gasteiger partial charge in [0.05, 0.1) is 70.6 Å². The van der Waals surface area contributed by atoms with Gasteiger partial charge in [-0.1, -0.05) is 77.7 Å². The summed E-state index contributed by atoms with van der Waals surface area (Å²) in [5, 5.41) is 0. The van der Waals surface area contributed by atoms with Crippen LogP contribution in [-0.4, -0.2) is 82.1 Å². The maximum atomic E-state index is 13.1. The van der Waals surface area contributed by atoms with Gasteiger partial charge >= 0.3 is 35.8 Å². The fourth-order valence-electron chi connectivity index (χ4n) is 10.8. The molecule has 0 amide bonds. The summed E-state index contributed by atoms with van der Waals surface area (Å²) < 4.78 is 50.1. The van der Waals surface area contributed by atoms with Crippen LogP contribution >= 0.6 is 0 Å². The topological polar surface area (TPSA) is 185 Å². The Morgan fingerprint density at radius 2 is 0.940 bits per heavy atom. The summed E-state index contributed by atoms with van der Waals surface area (Å²) in [6.45, 7) is 11.9. The highest BCUT2D eigenvalue weighted by Gasteiger charge is 2.34. The summed E-state index contributed by atoms with van der Waals surface area (Å²) in [7, 11) is 0. The molecule has 0 saturated heterocycles. The lowest BCUT2D eigenvalue weighted by atomic mass is 9.68. The molecule has 0 heterocycles. The van der Waals surface area contributed by atoms with Crippen LogP contribution in [0.1, 0.15) is 221 Å². The summed E-state index contributed by atoms with van der Waals surface area (Å²) in [5.41, 5.74) is 1.08. The Labute approximate surface area is 494 Å². The quantitative estimate of drug-likeness (QED) is 0.0172. The molecule has 3 aromatic carbocycles. The van der Waals surface area contributed by atoms with E-state index in [2.05, 4.69) is 13.5 Å². The Morgan fingerprint density at radius 1 is 0.458 bits per heavy atom. The first-order chi connectivity index (χ1) is 40.4. The Bertz CT molecular complexity index is 2380. The van der Waals surface area contributed by atoms with Gasteiger partial charge in [-0.3, -0.25) is 14.4 Å². The van der Waals surface area contributed by atoms with Crippen molar-refractivity contribution in [3.05, 3.63) is 90.0 Å². The number of rotatable bonds is 41. The zero-order chi connectivity index (χ0) is 59.3.